The maximum absolute atomic E-state index is 5.60. The van der Waals surface area contributed by atoms with Gasteiger partial charge in [-0.1, -0.05) is 12.1 Å². The van der Waals surface area contributed by atoms with Crippen molar-refractivity contribution >= 4 is 33.9 Å². The molecule has 84 valence electrons. The van der Waals surface area contributed by atoms with Crippen molar-refractivity contribution in [3.8, 4) is 0 Å². The molecule has 0 saturated heterocycles. The minimum absolute atomic E-state index is 0.148. The molecule has 0 aliphatic rings. The molecular formula is C11H12IN3S. The zero-order valence-corrected chi connectivity index (χ0v) is 11.5. The fraction of sp³-hybridized carbons (Fsp3) is 0.182. The number of hydrogen-bond donors (Lipinski definition) is 2. The van der Waals surface area contributed by atoms with Crippen LogP contribution in [-0.2, 0) is 6.42 Å². The van der Waals surface area contributed by atoms with Gasteiger partial charge in [0, 0.05) is 21.1 Å². The molecule has 0 amide bonds. The minimum atomic E-state index is 0.148. The number of benzene rings is 1. The number of thiazole rings is 1. The monoisotopic (exact) mass is 345 g/mol. The number of rotatable bonds is 4. The van der Waals surface area contributed by atoms with E-state index in [0.717, 1.165) is 6.42 Å². The molecule has 0 radical (unpaired) electrons. The van der Waals surface area contributed by atoms with Crippen molar-refractivity contribution in [2.24, 2.45) is 5.84 Å². The average molecular weight is 345 g/mol. The van der Waals surface area contributed by atoms with E-state index >= 15 is 0 Å². The zero-order valence-electron chi connectivity index (χ0n) is 8.56. The first-order chi connectivity index (χ1) is 7.79. The lowest BCUT2D eigenvalue weighted by Gasteiger charge is -2.15. The number of aromatic nitrogens is 1. The maximum atomic E-state index is 5.60. The van der Waals surface area contributed by atoms with E-state index in [-0.39, 0.29) is 6.04 Å². The first-order valence-electron chi connectivity index (χ1n) is 4.88. The van der Waals surface area contributed by atoms with Crippen molar-refractivity contribution in [2.45, 2.75) is 12.5 Å². The summed E-state index contributed by atoms with van der Waals surface area (Å²) in [6, 6.07) is 8.51. The fourth-order valence-corrected chi connectivity index (χ4v) is 2.75. The molecule has 0 aliphatic heterocycles. The molecule has 0 aliphatic carbocycles. The summed E-state index contributed by atoms with van der Waals surface area (Å²) in [5.74, 6) is 5.60. The summed E-state index contributed by atoms with van der Waals surface area (Å²) in [7, 11) is 0. The summed E-state index contributed by atoms with van der Waals surface area (Å²) in [4.78, 5) is 5.31. The Bertz CT molecular complexity index is 444. The highest BCUT2D eigenvalue weighted by atomic mass is 127. The lowest BCUT2D eigenvalue weighted by molar-refractivity contribution is 0.555. The number of halogens is 1. The molecule has 5 heteroatoms. The summed E-state index contributed by atoms with van der Waals surface area (Å²) in [5.41, 5.74) is 5.92. The Kier molecular flexibility index (Phi) is 4.28. The van der Waals surface area contributed by atoms with E-state index in [4.69, 9.17) is 5.84 Å². The third kappa shape index (κ3) is 3.00. The fourth-order valence-electron chi connectivity index (χ4n) is 1.54. The van der Waals surface area contributed by atoms with Crippen molar-refractivity contribution in [3.63, 3.8) is 0 Å². The first-order valence-corrected chi connectivity index (χ1v) is 6.84. The highest BCUT2D eigenvalue weighted by molar-refractivity contribution is 14.1. The van der Waals surface area contributed by atoms with Gasteiger partial charge in [-0.05, 0) is 40.3 Å². The highest BCUT2D eigenvalue weighted by Crippen LogP contribution is 2.21. The van der Waals surface area contributed by atoms with Crippen LogP contribution < -0.4 is 11.3 Å². The highest BCUT2D eigenvalue weighted by Gasteiger charge is 2.11. The van der Waals surface area contributed by atoms with Gasteiger partial charge < -0.3 is 0 Å². The summed E-state index contributed by atoms with van der Waals surface area (Å²) in [6.07, 6.45) is 2.77. The summed E-state index contributed by atoms with van der Waals surface area (Å²) in [6.45, 7) is 0. The predicted octanol–water partition coefficient (Wildman–Crippen LogP) is 2.49. The molecule has 0 fully saturated rings. The standard InChI is InChI=1S/C11H12IN3S/c12-9-3-1-2-8(4-9)11(15-13)5-10-6-14-7-16-10/h1-4,6-7,11,15H,5,13H2. The van der Waals surface area contributed by atoms with Crippen molar-refractivity contribution < 1.29 is 0 Å². The number of nitrogens with one attached hydrogen (secondary N) is 1. The normalized spacial score (nSPS) is 12.6. The van der Waals surface area contributed by atoms with Gasteiger partial charge in [0.2, 0.25) is 0 Å². The van der Waals surface area contributed by atoms with Gasteiger partial charge in [-0.15, -0.1) is 11.3 Å². The van der Waals surface area contributed by atoms with Gasteiger partial charge in [0.05, 0.1) is 11.6 Å². The molecule has 0 bridgehead atoms. The van der Waals surface area contributed by atoms with Crippen LogP contribution in [-0.4, -0.2) is 4.98 Å². The SMILES string of the molecule is NNC(Cc1cncs1)c1cccc(I)c1. The Labute approximate surface area is 112 Å². The first kappa shape index (κ1) is 12.0. The molecule has 1 aromatic heterocycles. The summed E-state index contributed by atoms with van der Waals surface area (Å²) < 4.78 is 1.22. The van der Waals surface area contributed by atoms with Crippen LogP contribution in [0.1, 0.15) is 16.5 Å². The van der Waals surface area contributed by atoms with Crippen molar-refractivity contribution in [1.29, 1.82) is 0 Å². The van der Waals surface area contributed by atoms with E-state index in [0.29, 0.717) is 0 Å². The minimum Gasteiger partial charge on any atom is -0.271 e. The maximum Gasteiger partial charge on any atom is 0.0794 e. The van der Waals surface area contributed by atoms with Crippen molar-refractivity contribution in [3.05, 3.63) is 50.0 Å². The van der Waals surface area contributed by atoms with Gasteiger partial charge in [0.15, 0.2) is 0 Å². The molecule has 0 saturated carbocycles. The molecule has 3 nitrogen and oxygen atoms in total. The quantitative estimate of drug-likeness (QED) is 0.509. The molecule has 0 spiro atoms. The molecule has 2 aromatic rings. The predicted molar refractivity (Wildman–Crippen MR) is 75.0 cm³/mol. The van der Waals surface area contributed by atoms with Gasteiger partial charge in [-0.3, -0.25) is 16.3 Å². The molecule has 1 aromatic carbocycles. The molecule has 1 heterocycles. The lowest BCUT2D eigenvalue weighted by atomic mass is 10.0. The van der Waals surface area contributed by atoms with Gasteiger partial charge in [0.25, 0.3) is 0 Å². The molecular weight excluding hydrogens is 333 g/mol. The Morgan fingerprint density at radius 2 is 2.38 bits per heavy atom. The largest absolute Gasteiger partial charge is 0.271 e. The summed E-state index contributed by atoms with van der Waals surface area (Å²) >= 11 is 3.96. The second-order valence-electron chi connectivity index (χ2n) is 3.45. The lowest BCUT2D eigenvalue weighted by Crippen LogP contribution is -2.29. The van der Waals surface area contributed by atoms with E-state index in [1.165, 1.54) is 14.0 Å². The van der Waals surface area contributed by atoms with E-state index in [1.54, 1.807) is 11.3 Å². The van der Waals surface area contributed by atoms with E-state index in [2.05, 4.69) is 51.2 Å². The third-order valence-electron chi connectivity index (χ3n) is 2.34. The number of nitrogens with zero attached hydrogens (tertiary/aromatic N) is 1. The van der Waals surface area contributed by atoms with Crippen LogP contribution in [0.5, 0.6) is 0 Å². The Hall–Kier alpha value is -0.500. The van der Waals surface area contributed by atoms with Gasteiger partial charge in [-0.25, -0.2) is 0 Å². The van der Waals surface area contributed by atoms with Crippen LogP contribution >= 0.6 is 33.9 Å². The van der Waals surface area contributed by atoms with E-state index < -0.39 is 0 Å². The molecule has 1 unspecified atom stereocenters. The second kappa shape index (κ2) is 5.72. The van der Waals surface area contributed by atoms with Gasteiger partial charge in [-0.2, -0.15) is 0 Å². The van der Waals surface area contributed by atoms with E-state index in [9.17, 15) is 0 Å². The third-order valence-corrected chi connectivity index (χ3v) is 3.81. The Balaban J connectivity index is 2.16. The Morgan fingerprint density at radius 1 is 1.50 bits per heavy atom. The average Bonchev–Trinajstić information content (AvgIpc) is 2.78. The second-order valence-corrected chi connectivity index (χ2v) is 5.66. The molecule has 2 rings (SSSR count). The molecule has 16 heavy (non-hydrogen) atoms. The molecule has 3 N–H and O–H groups in total. The smallest absolute Gasteiger partial charge is 0.0794 e. The van der Waals surface area contributed by atoms with Crippen LogP contribution in [0.3, 0.4) is 0 Å². The zero-order chi connectivity index (χ0) is 11.4. The van der Waals surface area contributed by atoms with Crippen LogP contribution in [0, 0.1) is 3.57 Å². The van der Waals surface area contributed by atoms with E-state index in [1.807, 2.05) is 17.8 Å². The van der Waals surface area contributed by atoms with Gasteiger partial charge >= 0.3 is 0 Å². The van der Waals surface area contributed by atoms with Crippen molar-refractivity contribution in [1.82, 2.24) is 10.4 Å². The topological polar surface area (TPSA) is 50.9 Å². The van der Waals surface area contributed by atoms with Crippen molar-refractivity contribution in [2.75, 3.05) is 0 Å². The molecule has 1 atom stereocenters. The van der Waals surface area contributed by atoms with Crippen LogP contribution in [0.15, 0.2) is 36.0 Å². The number of nitrogens with two attached hydrogens (primary N) is 1. The number of hydrazine groups is 1. The number of hydrogen-bond acceptors (Lipinski definition) is 4. The van der Waals surface area contributed by atoms with Gasteiger partial charge in [0.1, 0.15) is 0 Å². The van der Waals surface area contributed by atoms with Crippen LogP contribution in [0.4, 0.5) is 0 Å². The van der Waals surface area contributed by atoms with Crippen LogP contribution in [0.2, 0.25) is 0 Å². The Morgan fingerprint density at radius 3 is 3.00 bits per heavy atom. The van der Waals surface area contributed by atoms with Crippen LogP contribution in [0.25, 0.3) is 0 Å². The summed E-state index contributed by atoms with van der Waals surface area (Å²) in [5, 5.41) is 0.